The van der Waals surface area contributed by atoms with E-state index in [9.17, 15) is 5.11 Å². The van der Waals surface area contributed by atoms with Crippen LogP contribution in [0.5, 0.6) is 0 Å². The number of aromatic nitrogens is 2. The standard InChI is InChI=1S/C16H21N3O2/c1-12-17-18-16(21-12)11-19-9-5-8-14(19)10-15(20)13-6-3-2-4-7-13/h2-4,6-7,14-15,20H,5,8-11H2,1H3/t14-,15+/m0/s1. The first-order valence-electron chi connectivity index (χ1n) is 7.48. The lowest BCUT2D eigenvalue weighted by Gasteiger charge is -2.25. The number of hydrogen-bond acceptors (Lipinski definition) is 5. The average molecular weight is 287 g/mol. The normalized spacial score (nSPS) is 20.8. The molecule has 2 heterocycles. The molecule has 1 fully saturated rings. The molecule has 0 bridgehead atoms. The fourth-order valence-corrected chi connectivity index (χ4v) is 3.01. The van der Waals surface area contributed by atoms with Gasteiger partial charge in [0.25, 0.3) is 0 Å². The molecule has 1 saturated heterocycles. The number of benzene rings is 1. The van der Waals surface area contributed by atoms with E-state index in [1.54, 1.807) is 6.92 Å². The van der Waals surface area contributed by atoms with Crippen LogP contribution in [-0.4, -0.2) is 32.8 Å². The molecule has 5 nitrogen and oxygen atoms in total. The molecule has 1 aliphatic heterocycles. The van der Waals surface area contributed by atoms with E-state index in [4.69, 9.17) is 4.42 Å². The van der Waals surface area contributed by atoms with E-state index in [2.05, 4.69) is 15.1 Å². The second-order valence-electron chi connectivity index (χ2n) is 5.64. The third-order valence-corrected chi connectivity index (χ3v) is 4.08. The van der Waals surface area contributed by atoms with E-state index in [1.807, 2.05) is 30.3 Å². The minimum absolute atomic E-state index is 0.368. The van der Waals surface area contributed by atoms with E-state index in [0.717, 1.165) is 31.4 Å². The summed E-state index contributed by atoms with van der Waals surface area (Å²) < 4.78 is 5.46. The summed E-state index contributed by atoms with van der Waals surface area (Å²) in [4.78, 5) is 2.33. The van der Waals surface area contributed by atoms with E-state index in [-0.39, 0.29) is 0 Å². The van der Waals surface area contributed by atoms with Crippen molar-refractivity contribution in [1.29, 1.82) is 0 Å². The van der Waals surface area contributed by atoms with Crippen molar-refractivity contribution < 1.29 is 9.52 Å². The van der Waals surface area contributed by atoms with Crippen LogP contribution in [0.25, 0.3) is 0 Å². The molecule has 21 heavy (non-hydrogen) atoms. The van der Waals surface area contributed by atoms with Crippen LogP contribution in [0.3, 0.4) is 0 Å². The summed E-state index contributed by atoms with van der Waals surface area (Å²) >= 11 is 0. The van der Waals surface area contributed by atoms with Gasteiger partial charge in [-0.25, -0.2) is 0 Å². The van der Waals surface area contributed by atoms with Crippen LogP contribution in [0.2, 0.25) is 0 Å². The van der Waals surface area contributed by atoms with Crippen molar-refractivity contribution in [3.63, 3.8) is 0 Å². The minimum atomic E-state index is -0.416. The number of likely N-dealkylation sites (tertiary alicyclic amines) is 1. The van der Waals surface area contributed by atoms with Crippen LogP contribution in [0.15, 0.2) is 34.7 Å². The van der Waals surface area contributed by atoms with Gasteiger partial charge in [0.05, 0.1) is 12.6 Å². The highest BCUT2D eigenvalue weighted by Crippen LogP contribution is 2.28. The van der Waals surface area contributed by atoms with Crippen molar-refractivity contribution in [3.05, 3.63) is 47.7 Å². The van der Waals surface area contributed by atoms with Crippen molar-refractivity contribution in [2.24, 2.45) is 0 Å². The molecule has 1 aliphatic rings. The van der Waals surface area contributed by atoms with E-state index in [0.29, 0.717) is 24.4 Å². The van der Waals surface area contributed by atoms with Crippen LogP contribution in [-0.2, 0) is 6.54 Å². The van der Waals surface area contributed by atoms with Crippen LogP contribution >= 0.6 is 0 Å². The zero-order chi connectivity index (χ0) is 14.7. The molecule has 1 aromatic heterocycles. The molecule has 0 amide bonds. The van der Waals surface area contributed by atoms with Crippen molar-refractivity contribution in [2.45, 2.75) is 44.9 Å². The summed E-state index contributed by atoms with van der Waals surface area (Å²) in [5, 5.41) is 18.3. The number of aryl methyl sites for hydroxylation is 1. The van der Waals surface area contributed by atoms with Crippen LogP contribution in [0, 0.1) is 6.92 Å². The first kappa shape index (κ1) is 14.2. The molecular weight excluding hydrogens is 266 g/mol. The SMILES string of the molecule is Cc1nnc(CN2CCC[C@H]2C[C@@H](O)c2ccccc2)o1. The maximum absolute atomic E-state index is 10.4. The third kappa shape index (κ3) is 3.49. The quantitative estimate of drug-likeness (QED) is 0.915. The average Bonchev–Trinajstić information content (AvgIpc) is 3.10. The van der Waals surface area contributed by atoms with Gasteiger partial charge >= 0.3 is 0 Å². The number of nitrogens with zero attached hydrogens (tertiary/aromatic N) is 3. The Labute approximate surface area is 124 Å². The summed E-state index contributed by atoms with van der Waals surface area (Å²) in [6.07, 6.45) is 2.59. The second kappa shape index (κ2) is 6.37. The maximum atomic E-state index is 10.4. The molecule has 0 spiro atoms. The Hall–Kier alpha value is -1.72. The molecule has 5 heteroatoms. The van der Waals surface area contributed by atoms with E-state index >= 15 is 0 Å². The van der Waals surface area contributed by atoms with Crippen LogP contribution < -0.4 is 0 Å². The Balaban J connectivity index is 1.61. The predicted octanol–water partition coefficient (Wildman–Crippen LogP) is 2.47. The van der Waals surface area contributed by atoms with Crippen molar-refractivity contribution in [3.8, 4) is 0 Å². The zero-order valence-electron chi connectivity index (χ0n) is 12.3. The highest BCUT2D eigenvalue weighted by atomic mass is 16.4. The number of rotatable bonds is 5. The Kier molecular flexibility index (Phi) is 4.31. The van der Waals surface area contributed by atoms with E-state index in [1.165, 1.54) is 0 Å². The molecule has 1 aromatic carbocycles. The minimum Gasteiger partial charge on any atom is -0.424 e. The van der Waals surface area contributed by atoms with E-state index < -0.39 is 6.10 Å². The fraction of sp³-hybridized carbons (Fsp3) is 0.500. The summed E-state index contributed by atoms with van der Waals surface area (Å²) in [6, 6.07) is 10.2. The van der Waals surface area contributed by atoms with Gasteiger partial charge in [-0.2, -0.15) is 0 Å². The number of hydrogen-bond donors (Lipinski definition) is 1. The lowest BCUT2D eigenvalue weighted by molar-refractivity contribution is 0.113. The Morgan fingerprint density at radius 1 is 1.33 bits per heavy atom. The summed E-state index contributed by atoms with van der Waals surface area (Å²) in [5.41, 5.74) is 0.984. The fourth-order valence-electron chi connectivity index (χ4n) is 3.01. The lowest BCUT2D eigenvalue weighted by Crippen LogP contribution is -2.30. The molecule has 0 aliphatic carbocycles. The first-order chi connectivity index (χ1) is 10.2. The molecule has 0 radical (unpaired) electrons. The van der Waals surface area contributed by atoms with Crippen molar-refractivity contribution >= 4 is 0 Å². The number of aliphatic hydroxyl groups is 1. The molecule has 2 atom stereocenters. The van der Waals surface area contributed by atoms with Gasteiger partial charge in [-0.05, 0) is 31.4 Å². The summed E-state index contributed by atoms with van der Waals surface area (Å²) in [6.45, 7) is 3.50. The Bertz CT molecular complexity index is 570. The highest BCUT2D eigenvalue weighted by molar-refractivity contribution is 5.17. The smallest absolute Gasteiger partial charge is 0.230 e. The Morgan fingerprint density at radius 3 is 2.86 bits per heavy atom. The Morgan fingerprint density at radius 2 is 2.14 bits per heavy atom. The van der Waals surface area contributed by atoms with Gasteiger partial charge in [0.15, 0.2) is 0 Å². The largest absolute Gasteiger partial charge is 0.424 e. The van der Waals surface area contributed by atoms with Gasteiger partial charge in [-0.15, -0.1) is 10.2 Å². The van der Waals surface area contributed by atoms with Crippen molar-refractivity contribution in [2.75, 3.05) is 6.54 Å². The lowest BCUT2D eigenvalue weighted by atomic mass is 10.0. The molecule has 0 unspecified atom stereocenters. The second-order valence-corrected chi connectivity index (χ2v) is 5.64. The summed E-state index contributed by atoms with van der Waals surface area (Å²) in [7, 11) is 0. The topological polar surface area (TPSA) is 62.4 Å². The van der Waals surface area contributed by atoms with Crippen LogP contribution in [0.4, 0.5) is 0 Å². The van der Waals surface area contributed by atoms with Gasteiger partial charge in [-0.1, -0.05) is 30.3 Å². The van der Waals surface area contributed by atoms with Crippen LogP contribution in [0.1, 0.15) is 42.7 Å². The van der Waals surface area contributed by atoms with Gasteiger partial charge in [0.1, 0.15) is 0 Å². The molecule has 1 N–H and O–H groups in total. The molecule has 112 valence electrons. The molecular formula is C16H21N3O2. The monoisotopic (exact) mass is 287 g/mol. The molecule has 2 aromatic rings. The highest BCUT2D eigenvalue weighted by Gasteiger charge is 2.28. The maximum Gasteiger partial charge on any atom is 0.230 e. The number of aliphatic hydroxyl groups excluding tert-OH is 1. The van der Waals surface area contributed by atoms with Gasteiger partial charge in [0.2, 0.25) is 11.8 Å². The first-order valence-corrected chi connectivity index (χ1v) is 7.48. The van der Waals surface area contributed by atoms with Gasteiger partial charge in [-0.3, -0.25) is 4.90 Å². The molecule has 3 rings (SSSR count). The summed E-state index contributed by atoms with van der Waals surface area (Å²) in [5.74, 6) is 1.26. The predicted molar refractivity (Wildman–Crippen MR) is 78.5 cm³/mol. The molecule has 0 saturated carbocycles. The van der Waals surface area contributed by atoms with Crippen molar-refractivity contribution in [1.82, 2.24) is 15.1 Å². The third-order valence-electron chi connectivity index (χ3n) is 4.08. The van der Waals surface area contributed by atoms with Gasteiger partial charge < -0.3 is 9.52 Å². The van der Waals surface area contributed by atoms with Gasteiger partial charge in [0, 0.05) is 13.0 Å². The zero-order valence-corrected chi connectivity index (χ0v) is 12.3.